The molecule has 1 saturated heterocycles. The highest BCUT2D eigenvalue weighted by Crippen LogP contribution is 2.19. The summed E-state index contributed by atoms with van der Waals surface area (Å²) in [5.41, 5.74) is 1.46. The Hall–Kier alpha value is -1.88. The maximum atomic E-state index is 12.3. The molecule has 1 aliphatic heterocycles. The fraction of sp³-hybridized carbons (Fsp3) is 0.429. The van der Waals surface area contributed by atoms with Crippen LogP contribution >= 0.6 is 0 Å². The van der Waals surface area contributed by atoms with E-state index in [1.807, 2.05) is 29.2 Å². The third-order valence-corrected chi connectivity index (χ3v) is 3.59. The predicted octanol–water partition coefficient (Wildman–Crippen LogP) is 1.19. The Morgan fingerprint density at radius 1 is 1.53 bits per heavy atom. The van der Waals surface area contributed by atoms with Gasteiger partial charge >= 0.3 is 0 Å². The number of benzene rings is 1. The molecule has 2 aromatic rings. The lowest BCUT2D eigenvalue weighted by atomic mass is 10.1. The van der Waals surface area contributed by atoms with Crippen LogP contribution in [-0.4, -0.2) is 41.6 Å². The highest BCUT2D eigenvalue weighted by Gasteiger charge is 2.24. The molecule has 1 N–H and O–H groups in total. The van der Waals surface area contributed by atoms with E-state index >= 15 is 0 Å². The van der Waals surface area contributed by atoms with E-state index in [0.29, 0.717) is 6.42 Å². The number of fused-ring (bicyclic) bond motifs is 1. The summed E-state index contributed by atoms with van der Waals surface area (Å²) in [6, 6.07) is 7.87. The molecule has 1 atom stereocenters. The molecule has 0 aliphatic carbocycles. The number of amides is 1. The van der Waals surface area contributed by atoms with Gasteiger partial charge in [-0.2, -0.15) is 0 Å². The van der Waals surface area contributed by atoms with Crippen molar-refractivity contribution in [2.24, 2.45) is 0 Å². The molecule has 0 radical (unpaired) electrons. The number of nitrogens with one attached hydrogen (secondary N) is 1. The van der Waals surface area contributed by atoms with E-state index in [0.717, 1.165) is 36.3 Å². The summed E-state index contributed by atoms with van der Waals surface area (Å²) in [7, 11) is 0. The molecule has 2 heterocycles. The topological polar surface area (TPSA) is 58.4 Å². The van der Waals surface area contributed by atoms with Gasteiger partial charge in [0.2, 0.25) is 5.91 Å². The van der Waals surface area contributed by atoms with Crippen LogP contribution in [0.5, 0.6) is 0 Å². The quantitative estimate of drug-likeness (QED) is 0.880. The van der Waals surface area contributed by atoms with Crippen molar-refractivity contribution < 1.29 is 9.32 Å². The molecule has 100 valence electrons. The zero-order chi connectivity index (χ0) is 13.2. The molecular weight excluding hydrogens is 242 g/mol. The third kappa shape index (κ3) is 2.33. The Morgan fingerprint density at radius 3 is 3.21 bits per heavy atom. The standard InChI is InChI=1S/C14H17N3O2/c1-10-9-15-6-7-17(10)14(18)8-12-11-4-2-3-5-13(11)19-16-12/h2-5,10,15H,6-9H2,1H3/t10-/m0/s1. The van der Waals surface area contributed by atoms with Gasteiger partial charge in [-0.25, -0.2) is 0 Å². The van der Waals surface area contributed by atoms with Crippen LogP contribution in [0.1, 0.15) is 12.6 Å². The first-order valence-electron chi connectivity index (χ1n) is 6.59. The number of carbonyl (C=O) groups excluding carboxylic acids is 1. The number of piperazine rings is 1. The van der Waals surface area contributed by atoms with Crippen LogP contribution in [0.25, 0.3) is 11.0 Å². The summed E-state index contributed by atoms with van der Waals surface area (Å²) in [6.45, 7) is 4.53. The fourth-order valence-electron chi connectivity index (χ4n) is 2.52. The Bertz CT molecular complexity index is 593. The summed E-state index contributed by atoms with van der Waals surface area (Å²) in [6.07, 6.45) is 0.307. The molecule has 1 aromatic heterocycles. The molecule has 1 aliphatic rings. The molecule has 3 rings (SSSR count). The molecule has 1 amide bonds. The Balaban J connectivity index is 1.79. The van der Waals surface area contributed by atoms with Crippen molar-refractivity contribution in [2.75, 3.05) is 19.6 Å². The third-order valence-electron chi connectivity index (χ3n) is 3.59. The van der Waals surface area contributed by atoms with Crippen molar-refractivity contribution in [3.63, 3.8) is 0 Å². The van der Waals surface area contributed by atoms with Crippen LogP contribution in [0.4, 0.5) is 0 Å². The van der Waals surface area contributed by atoms with Gasteiger partial charge in [-0.15, -0.1) is 0 Å². The van der Waals surface area contributed by atoms with Crippen molar-refractivity contribution in [1.82, 2.24) is 15.4 Å². The van der Waals surface area contributed by atoms with Crippen molar-refractivity contribution >= 4 is 16.9 Å². The van der Waals surface area contributed by atoms with Gasteiger partial charge in [-0.05, 0) is 19.1 Å². The van der Waals surface area contributed by atoms with Crippen LogP contribution in [0.3, 0.4) is 0 Å². The van der Waals surface area contributed by atoms with E-state index in [1.54, 1.807) is 0 Å². The monoisotopic (exact) mass is 259 g/mol. The second kappa shape index (κ2) is 5.01. The van der Waals surface area contributed by atoms with Crippen LogP contribution in [0, 0.1) is 0 Å². The van der Waals surface area contributed by atoms with Gasteiger partial charge in [-0.1, -0.05) is 17.3 Å². The number of rotatable bonds is 2. The summed E-state index contributed by atoms with van der Waals surface area (Å²) in [5, 5.41) is 8.23. The SMILES string of the molecule is C[C@H]1CNCCN1C(=O)Cc1noc2ccccc12. The average molecular weight is 259 g/mol. The Labute approximate surface area is 111 Å². The molecule has 0 bridgehead atoms. The summed E-state index contributed by atoms with van der Waals surface area (Å²) in [4.78, 5) is 14.3. The fourth-order valence-corrected chi connectivity index (χ4v) is 2.52. The Morgan fingerprint density at radius 2 is 2.37 bits per heavy atom. The van der Waals surface area contributed by atoms with Gasteiger partial charge in [0.25, 0.3) is 0 Å². The maximum Gasteiger partial charge on any atom is 0.229 e. The van der Waals surface area contributed by atoms with E-state index in [-0.39, 0.29) is 11.9 Å². The van der Waals surface area contributed by atoms with Crippen LogP contribution < -0.4 is 5.32 Å². The van der Waals surface area contributed by atoms with E-state index in [2.05, 4.69) is 17.4 Å². The molecule has 5 nitrogen and oxygen atoms in total. The number of hydrogen-bond acceptors (Lipinski definition) is 4. The maximum absolute atomic E-state index is 12.3. The Kier molecular flexibility index (Phi) is 3.21. The van der Waals surface area contributed by atoms with E-state index < -0.39 is 0 Å². The van der Waals surface area contributed by atoms with Gasteiger partial charge in [0, 0.05) is 31.1 Å². The predicted molar refractivity (Wildman–Crippen MR) is 71.8 cm³/mol. The van der Waals surface area contributed by atoms with Crippen LogP contribution in [-0.2, 0) is 11.2 Å². The minimum Gasteiger partial charge on any atom is -0.356 e. The van der Waals surface area contributed by atoms with Gasteiger partial charge in [-0.3, -0.25) is 4.79 Å². The van der Waals surface area contributed by atoms with E-state index in [9.17, 15) is 4.79 Å². The molecule has 0 unspecified atom stereocenters. The molecule has 5 heteroatoms. The highest BCUT2D eigenvalue weighted by molar-refractivity contribution is 5.86. The molecule has 0 spiro atoms. The number of nitrogens with zero attached hydrogens (tertiary/aromatic N) is 2. The second-order valence-electron chi connectivity index (χ2n) is 4.94. The van der Waals surface area contributed by atoms with Crippen molar-refractivity contribution in [3.8, 4) is 0 Å². The van der Waals surface area contributed by atoms with Crippen molar-refractivity contribution in [2.45, 2.75) is 19.4 Å². The van der Waals surface area contributed by atoms with Gasteiger partial charge < -0.3 is 14.7 Å². The van der Waals surface area contributed by atoms with Crippen molar-refractivity contribution in [3.05, 3.63) is 30.0 Å². The number of hydrogen-bond donors (Lipinski definition) is 1. The second-order valence-corrected chi connectivity index (χ2v) is 4.94. The smallest absolute Gasteiger partial charge is 0.229 e. The minimum atomic E-state index is 0.119. The van der Waals surface area contributed by atoms with Crippen molar-refractivity contribution in [1.29, 1.82) is 0 Å². The average Bonchev–Trinajstić information content (AvgIpc) is 2.83. The molecule has 1 fully saturated rings. The van der Waals surface area contributed by atoms with E-state index in [1.165, 1.54) is 0 Å². The largest absolute Gasteiger partial charge is 0.356 e. The lowest BCUT2D eigenvalue weighted by Gasteiger charge is -2.33. The molecule has 0 saturated carbocycles. The lowest BCUT2D eigenvalue weighted by molar-refractivity contribution is -0.133. The first-order chi connectivity index (χ1) is 9.25. The zero-order valence-electron chi connectivity index (χ0n) is 10.9. The molecule has 19 heavy (non-hydrogen) atoms. The van der Waals surface area contributed by atoms with Crippen LogP contribution in [0.2, 0.25) is 0 Å². The lowest BCUT2D eigenvalue weighted by Crippen LogP contribution is -2.52. The van der Waals surface area contributed by atoms with Gasteiger partial charge in [0.05, 0.1) is 6.42 Å². The number of aromatic nitrogens is 1. The van der Waals surface area contributed by atoms with Gasteiger partial charge in [0.15, 0.2) is 5.58 Å². The van der Waals surface area contributed by atoms with Crippen LogP contribution in [0.15, 0.2) is 28.8 Å². The van der Waals surface area contributed by atoms with E-state index in [4.69, 9.17) is 4.52 Å². The molecular formula is C14H17N3O2. The summed E-state index contributed by atoms with van der Waals surface area (Å²) < 4.78 is 5.23. The summed E-state index contributed by atoms with van der Waals surface area (Å²) in [5.74, 6) is 0.119. The first-order valence-corrected chi connectivity index (χ1v) is 6.59. The first kappa shape index (κ1) is 12.2. The number of carbonyl (C=O) groups is 1. The highest BCUT2D eigenvalue weighted by atomic mass is 16.5. The summed E-state index contributed by atoms with van der Waals surface area (Å²) >= 11 is 0. The van der Waals surface area contributed by atoms with Gasteiger partial charge in [0.1, 0.15) is 5.69 Å². The minimum absolute atomic E-state index is 0.119. The normalized spacial score (nSPS) is 19.8. The molecule has 1 aromatic carbocycles. The number of para-hydroxylation sites is 1. The zero-order valence-corrected chi connectivity index (χ0v) is 10.9.